The van der Waals surface area contributed by atoms with Gasteiger partial charge in [0.1, 0.15) is 5.01 Å². The quantitative estimate of drug-likeness (QED) is 0.251. The summed E-state index contributed by atoms with van der Waals surface area (Å²) in [6, 6.07) is 11.1. The number of thiazole rings is 1. The molecule has 1 aliphatic carbocycles. The van der Waals surface area contributed by atoms with E-state index >= 15 is 8.78 Å². The molecule has 1 saturated carbocycles. The number of ether oxygens (including phenoxy) is 1. The summed E-state index contributed by atoms with van der Waals surface area (Å²) in [6.07, 6.45) is -5.26. The highest BCUT2D eigenvalue weighted by atomic mass is 32.1. The highest BCUT2D eigenvalue weighted by molar-refractivity contribution is 7.15. The van der Waals surface area contributed by atoms with Gasteiger partial charge in [0, 0.05) is 17.0 Å². The van der Waals surface area contributed by atoms with Crippen LogP contribution in [-0.4, -0.2) is 21.0 Å². The fourth-order valence-electron chi connectivity index (χ4n) is 3.91. The fourth-order valence-corrected chi connectivity index (χ4v) is 5.08. The molecule has 37 heavy (non-hydrogen) atoms. The predicted molar refractivity (Wildman–Crippen MR) is 125 cm³/mol. The molecule has 2 heterocycles. The van der Waals surface area contributed by atoms with Crippen LogP contribution in [0, 0.1) is 12.8 Å². The molecule has 1 atom stereocenters. The number of aromatic amines is 1. The number of H-pyrrole nitrogens is 1. The minimum atomic E-state index is -4.47. The van der Waals surface area contributed by atoms with Crippen LogP contribution < -0.4 is 5.76 Å². The van der Waals surface area contributed by atoms with E-state index in [1.165, 1.54) is 12.1 Å². The Balaban J connectivity index is 1.38. The summed E-state index contributed by atoms with van der Waals surface area (Å²) in [7, 11) is 0. The maximum absolute atomic E-state index is 15.4. The van der Waals surface area contributed by atoms with Crippen LogP contribution in [0.5, 0.6) is 0 Å². The van der Waals surface area contributed by atoms with Crippen LogP contribution in [0.2, 0.25) is 0 Å². The van der Waals surface area contributed by atoms with Crippen molar-refractivity contribution in [1.82, 2.24) is 15.1 Å². The van der Waals surface area contributed by atoms with Crippen molar-refractivity contribution in [2.75, 3.05) is 0 Å². The number of halogens is 5. The van der Waals surface area contributed by atoms with E-state index in [1.807, 2.05) is 0 Å². The second-order valence-corrected chi connectivity index (χ2v) is 9.85. The smallest absolute Gasteiger partial charge is 0.362 e. The van der Waals surface area contributed by atoms with Gasteiger partial charge >= 0.3 is 11.9 Å². The molecule has 0 radical (unpaired) electrons. The van der Waals surface area contributed by atoms with Crippen molar-refractivity contribution >= 4 is 11.3 Å². The Morgan fingerprint density at radius 1 is 1.05 bits per heavy atom. The topological polar surface area (TPSA) is 81.0 Å². The second kappa shape index (κ2) is 9.49. The minimum Gasteiger partial charge on any atom is -0.362 e. The first-order valence-electron chi connectivity index (χ1n) is 11.3. The Morgan fingerprint density at radius 3 is 2.27 bits per heavy atom. The van der Waals surface area contributed by atoms with Gasteiger partial charge in [-0.1, -0.05) is 41.6 Å². The summed E-state index contributed by atoms with van der Waals surface area (Å²) in [5, 5.41) is 3.95. The number of aromatic nitrogens is 3. The Hall–Kier alpha value is -3.38. The summed E-state index contributed by atoms with van der Waals surface area (Å²) in [6.45, 7) is 1.47. The van der Waals surface area contributed by atoms with Gasteiger partial charge in [0.15, 0.2) is 11.9 Å². The lowest BCUT2D eigenvalue weighted by atomic mass is 10.1. The molecule has 2 aromatic heterocycles. The standard InChI is InChI=1S/C25H20F5N3O3S/c1-13-19(37-22(31-13)16-6-8-18(9-7-16)25(28,29)30)20(24(26,27)17-10-11-17)35-12-14-2-4-15(5-3-14)21-32-23(34)36-33-21/h2-9,17,20H,10-12H2,1H3,(H,32,33,34). The summed E-state index contributed by atoms with van der Waals surface area (Å²) >= 11 is 0.994. The van der Waals surface area contributed by atoms with Crippen molar-refractivity contribution in [2.24, 2.45) is 5.92 Å². The zero-order valence-corrected chi connectivity index (χ0v) is 20.1. The molecule has 12 heteroatoms. The van der Waals surface area contributed by atoms with E-state index in [0.29, 0.717) is 40.2 Å². The molecule has 4 aromatic rings. The number of nitrogens with one attached hydrogen (secondary N) is 1. The number of hydrogen-bond acceptors (Lipinski definition) is 6. The first kappa shape index (κ1) is 25.3. The number of alkyl halides is 5. The summed E-state index contributed by atoms with van der Waals surface area (Å²) in [4.78, 5) is 18.2. The monoisotopic (exact) mass is 537 g/mol. The highest BCUT2D eigenvalue weighted by Gasteiger charge is 2.54. The Morgan fingerprint density at radius 2 is 1.70 bits per heavy atom. The molecule has 5 rings (SSSR count). The fraction of sp³-hybridized carbons (Fsp3) is 0.320. The highest BCUT2D eigenvalue weighted by Crippen LogP contribution is 2.53. The SMILES string of the molecule is Cc1nc(-c2ccc(C(F)(F)F)cc2)sc1C(OCc1ccc(-c2noc(=O)[nH]2)cc1)C(F)(F)C1CC1. The average molecular weight is 538 g/mol. The van der Waals surface area contributed by atoms with Crippen LogP contribution in [0.4, 0.5) is 22.0 Å². The molecule has 1 fully saturated rings. The third-order valence-corrected chi connectivity index (χ3v) is 7.34. The van der Waals surface area contributed by atoms with Crippen LogP contribution in [0.25, 0.3) is 22.0 Å². The molecule has 0 spiro atoms. The van der Waals surface area contributed by atoms with E-state index in [4.69, 9.17) is 4.74 Å². The predicted octanol–water partition coefficient (Wildman–Crippen LogP) is 6.78. The Kier molecular flexibility index (Phi) is 6.48. The number of hydrogen-bond donors (Lipinski definition) is 1. The third kappa shape index (κ3) is 5.35. The number of nitrogens with zero attached hydrogens (tertiary/aromatic N) is 2. The van der Waals surface area contributed by atoms with Crippen molar-refractivity contribution in [1.29, 1.82) is 0 Å². The zero-order chi connectivity index (χ0) is 26.4. The van der Waals surface area contributed by atoms with E-state index in [-0.39, 0.29) is 17.3 Å². The molecule has 1 unspecified atom stereocenters. The van der Waals surface area contributed by atoms with E-state index in [0.717, 1.165) is 23.5 Å². The molecule has 6 nitrogen and oxygen atoms in total. The van der Waals surface area contributed by atoms with E-state index in [9.17, 15) is 18.0 Å². The van der Waals surface area contributed by atoms with E-state index in [1.54, 1.807) is 31.2 Å². The number of aryl methyl sites for hydroxylation is 1. The second-order valence-electron chi connectivity index (χ2n) is 8.82. The van der Waals surface area contributed by atoms with E-state index in [2.05, 4.69) is 19.6 Å². The van der Waals surface area contributed by atoms with E-state index < -0.39 is 35.4 Å². The summed E-state index contributed by atoms with van der Waals surface area (Å²) < 4.78 is 79.8. The van der Waals surface area contributed by atoms with Crippen molar-refractivity contribution in [3.05, 3.63) is 80.8 Å². The number of rotatable bonds is 8. The molecular weight excluding hydrogens is 517 g/mol. The molecular formula is C25H20F5N3O3S. The zero-order valence-electron chi connectivity index (χ0n) is 19.3. The van der Waals surface area contributed by atoms with Crippen molar-refractivity contribution in [3.8, 4) is 22.0 Å². The van der Waals surface area contributed by atoms with Gasteiger partial charge < -0.3 is 4.74 Å². The van der Waals surface area contributed by atoms with Crippen LogP contribution in [0.1, 0.15) is 40.6 Å². The molecule has 0 amide bonds. The van der Waals surface area contributed by atoms with Gasteiger partial charge in [-0.05, 0) is 37.5 Å². The molecule has 2 aromatic carbocycles. The molecule has 0 bridgehead atoms. The third-order valence-electron chi connectivity index (χ3n) is 6.09. The van der Waals surface area contributed by atoms with Crippen LogP contribution in [0.3, 0.4) is 0 Å². The molecule has 194 valence electrons. The van der Waals surface area contributed by atoms with Gasteiger partial charge in [0.25, 0.3) is 5.92 Å². The Labute approximate surface area is 211 Å². The van der Waals surface area contributed by atoms with Gasteiger partial charge in [-0.3, -0.25) is 9.51 Å². The summed E-state index contributed by atoms with van der Waals surface area (Å²) in [5.41, 5.74) is 1.15. The Bertz CT molecular complexity index is 1440. The van der Waals surface area contributed by atoms with Crippen LogP contribution in [-0.2, 0) is 17.5 Å². The largest absolute Gasteiger partial charge is 0.439 e. The maximum atomic E-state index is 15.4. The van der Waals surface area contributed by atoms with Crippen molar-refractivity contribution in [2.45, 2.75) is 44.6 Å². The molecule has 0 saturated heterocycles. The van der Waals surface area contributed by atoms with Crippen LogP contribution >= 0.6 is 11.3 Å². The lowest BCUT2D eigenvalue weighted by Gasteiger charge is -2.27. The van der Waals surface area contributed by atoms with Crippen molar-refractivity contribution < 1.29 is 31.2 Å². The summed E-state index contributed by atoms with van der Waals surface area (Å²) in [5.74, 6) is -4.40. The van der Waals surface area contributed by atoms with Gasteiger partial charge in [-0.25, -0.2) is 18.6 Å². The maximum Gasteiger partial charge on any atom is 0.439 e. The lowest BCUT2D eigenvalue weighted by Crippen LogP contribution is -2.30. The first-order valence-corrected chi connectivity index (χ1v) is 12.1. The van der Waals surface area contributed by atoms with Gasteiger partial charge in [-0.15, -0.1) is 11.3 Å². The van der Waals surface area contributed by atoms with Gasteiger partial charge in [0.2, 0.25) is 0 Å². The lowest BCUT2D eigenvalue weighted by molar-refractivity contribution is -0.157. The molecule has 1 aliphatic rings. The van der Waals surface area contributed by atoms with Crippen LogP contribution in [0.15, 0.2) is 57.8 Å². The van der Waals surface area contributed by atoms with Gasteiger partial charge in [0.05, 0.1) is 22.7 Å². The minimum absolute atomic E-state index is 0.116. The molecule has 0 aliphatic heterocycles. The number of benzene rings is 2. The normalized spacial score (nSPS) is 15.2. The average Bonchev–Trinajstić information content (AvgIpc) is 3.54. The molecule has 1 N–H and O–H groups in total. The van der Waals surface area contributed by atoms with Gasteiger partial charge in [-0.2, -0.15) is 13.2 Å². The first-order chi connectivity index (χ1) is 17.5. The van der Waals surface area contributed by atoms with Crippen molar-refractivity contribution in [3.63, 3.8) is 0 Å².